The molecule has 1 atom stereocenters. The third-order valence-electron chi connectivity index (χ3n) is 4.24. The zero-order chi connectivity index (χ0) is 14.4. The van der Waals surface area contributed by atoms with Crippen LogP contribution in [0.2, 0.25) is 0 Å². The summed E-state index contributed by atoms with van der Waals surface area (Å²) >= 11 is 0. The summed E-state index contributed by atoms with van der Waals surface area (Å²) < 4.78 is 28.1. The van der Waals surface area contributed by atoms with Gasteiger partial charge in [-0.25, -0.2) is 13.1 Å². The van der Waals surface area contributed by atoms with Crippen LogP contribution in [-0.2, 0) is 10.0 Å². The lowest BCUT2D eigenvalue weighted by Gasteiger charge is -2.19. The van der Waals surface area contributed by atoms with E-state index in [2.05, 4.69) is 4.72 Å². The van der Waals surface area contributed by atoms with Crippen molar-refractivity contribution in [1.82, 2.24) is 4.72 Å². The lowest BCUT2D eigenvalue weighted by atomic mass is 10.0. The van der Waals surface area contributed by atoms with Gasteiger partial charge in [0.05, 0.1) is 4.90 Å². The molecule has 106 valence electrons. The van der Waals surface area contributed by atoms with E-state index in [1.807, 2.05) is 40.7 Å². The summed E-state index contributed by atoms with van der Waals surface area (Å²) in [7, 11) is -3.42. The van der Waals surface area contributed by atoms with Crippen molar-refractivity contribution in [3.8, 4) is 0 Å². The van der Waals surface area contributed by atoms with E-state index in [0.717, 1.165) is 35.1 Å². The summed E-state index contributed by atoms with van der Waals surface area (Å²) in [6.45, 7) is 9.66. The number of benzene rings is 1. The van der Waals surface area contributed by atoms with Gasteiger partial charge >= 0.3 is 0 Å². The van der Waals surface area contributed by atoms with Crippen LogP contribution in [-0.4, -0.2) is 14.5 Å². The number of hydrogen-bond donors (Lipinski definition) is 1. The zero-order valence-corrected chi connectivity index (χ0v) is 13.2. The molecule has 2 rings (SSSR count). The molecule has 0 bridgehead atoms. The van der Waals surface area contributed by atoms with Gasteiger partial charge in [0.15, 0.2) is 0 Å². The van der Waals surface area contributed by atoms with Crippen LogP contribution in [0.1, 0.15) is 42.0 Å². The van der Waals surface area contributed by atoms with Crippen molar-refractivity contribution in [2.75, 3.05) is 0 Å². The first-order valence-corrected chi connectivity index (χ1v) is 8.32. The number of nitrogens with one attached hydrogen (secondary N) is 1. The van der Waals surface area contributed by atoms with Gasteiger partial charge in [-0.1, -0.05) is 6.07 Å². The molecule has 1 aromatic rings. The summed E-state index contributed by atoms with van der Waals surface area (Å²) in [6.07, 6.45) is 2.27. The van der Waals surface area contributed by atoms with Crippen molar-refractivity contribution in [3.05, 3.63) is 28.3 Å². The van der Waals surface area contributed by atoms with Crippen LogP contribution in [0.5, 0.6) is 0 Å². The first-order valence-electron chi connectivity index (χ1n) is 6.83. The maximum atomic E-state index is 12.6. The number of aryl methyl sites for hydroxylation is 2. The average Bonchev–Trinajstić information content (AvgIpc) is 3.09. The van der Waals surface area contributed by atoms with E-state index in [4.69, 9.17) is 0 Å². The first kappa shape index (κ1) is 14.5. The molecule has 1 aliphatic carbocycles. The average molecular weight is 281 g/mol. The number of sulfonamides is 1. The second-order valence-electron chi connectivity index (χ2n) is 5.84. The highest BCUT2D eigenvalue weighted by Crippen LogP contribution is 2.34. The Kier molecular flexibility index (Phi) is 3.76. The Morgan fingerprint density at radius 2 is 1.58 bits per heavy atom. The quantitative estimate of drug-likeness (QED) is 0.922. The van der Waals surface area contributed by atoms with Gasteiger partial charge in [-0.3, -0.25) is 0 Å². The van der Waals surface area contributed by atoms with E-state index in [1.54, 1.807) is 0 Å². The topological polar surface area (TPSA) is 46.2 Å². The number of rotatable bonds is 4. The lowest BCUT2D eigenvalue weighted by molar-refractivity contribution is 0.537. The molecule has 19 heavy (non-hydrogen) atoms. The van der Waals surface area contributed by atoms with Crippen LogP contribution in [0, 0.1) is 33.6 Å². The predicted octanol–water partition coefficient (Wildman–Crippen LogP) is 3.00. The van der Waals surface area contributed by atoms with E-state index in [-0.39, 0.29) is 6.04 Å². The third-order valence-corrected chi connectivity index (χ3v) is 6.07. The molecule has 1 unspecified atom stereocenters. The van der Waals surface area contributed by atoms with E-state index in [9.17, 15) is 8.42 Å². The molecule has 1 saturated carbocycles. The minimum atomic E-state index is -3.42. The summed E-state index contributed by atoms with van der Waals surface area (Å²) in [5.74, 6) is 0.515. The molecule has 0 heterocycles. The minimum absolute atomic E-state index is 0.0321. The fraction of sp³-hybridized carbons (Fsp3) is 0.600. The van der Waals surface area contributed by atoms with Crippen molar-refractivity contribution in [2.45, 2.75) is 58.4 Å². The Bertz CT molecular complexity index is 575. The fourth-order valence-electron chi connectivity index (χ4n) is 2.58. The molecule has 0 aromatic heterocycles. The summed E-state index contributed by atoms with van der Waals surface area (Å²) in [5.41, 5.74) is 3.78. The number of hydrogen-bond acceptors (Lipinski definition) is 2. The minimum Gasteiger partial charge on any atom is -0.208 e. The maximum absolute atomic E-state index is 12.6. The largest absolute Gasteiger partial charge is 0.241 e. The van der Waals surface area contributed by atoms with E-state index in [1.165, 1.54) is 0 Å². The van der Waals surface area contributed by atoms with E-state index in [0.29, 0.717) is 10.8 Å². The Morgan fingerprint density at radius 3 is 2.00 bits per heavy atom. The van der Waals surface area contributed by atoms with Gasteiger partial charge in [0.2, 0.25) is 10.0 Å². The standard InChI is InChI=1S/C15H23NO2S/c1-9-8-10(2)12(4)15(11(9)3)19(17,18)16-13(5)14-6-7-14/h8,13-14,16H,6-7H2,1-5H3. The fourth-order valence-corrected chi connectivity index (χ4v) is 4.51. The molecule has 0 radical (unpaired) electrons. The van der Waals surface area contributed by atoms with Crippen LogP contribution in [0.15, 0.2) is 11.0 Å². The van der Waals surface area contributed by atoms with Crippen molar-refractivity contribution in [2.24, 2.45) is 5.92 Å². The normalized spacial score (nSPS) is 17.5. The molecule has 0 spiro atoms. The molecule has 1 aromatic carbocycles. The highest BCUT2D eigenvalue weighted by atomic mass is 32.2. The van der Waals surface area contributed by atoms with Crippen molar-refractivity contribution in [3.63, 3.8) is 0 Å². The van der Waals surface area contributed by atoms with Crippen molar-refractivity contribution < 1.29 is 8.42 Å². The molecule has 0 saturated heterocycles. The van der Waals surface area contributed by atoms with Crippen LogP contribution < -0.4 is 4.72 Å². The molecule has 4 heteroatoms. The molecule has 0 aliphatic heterocycles. The van der Waals surface area contributed by atoms with Crippen molar-refractivity contribution in [1.29, 1.82) is 0 Å². The summed E-state index contributed by atoms with van der Waals surface area (Å²) in [6, 6.07) is 2.08. The van der Waals surface area contributed by atoms with Crippen molar-refractivity contribution >= 4 is 10.0 Å². The Hall–Kier alpha value is -0.870. The first-order chi connectivity index (χ1) is 8.74. The van der Waals surface area contributed by atoms with Gasteiger partial charge in [-0.2, -0.15) is 0 Å². The smallest absolute Gasteiger partial charge is 0.208 e. The molecular weight excluding hydrogens is 258 g/mol. The van der Waals surface area contributed by atoms with Crippen LogP contribution in [0.25, 0.3) is 0 Å². The molecule has 1 fully saturated rings. The molecule has 1 N–H and O–H groups in total. The lowest BCUT2D eigenvalue weighted by Crippen LogP contribution is -2.35. The molecule has 1 aliphatic rings. The SMILES string of the molecule is Cc1cc(C)c(C)c(S(=O)(=O)NC(C)C2CC2)c1C. The Balaban J connectivity index is 2.44. The van der Waals surface area contributed by atoms with E-state index < -0.39 is 10.0 Å². The van der Waals surface area contributed by atoms with Crippen LogP contribution >= 0.6 is 0 Å². The zero-order valence-electron chi connectivity index (χ0n) is 12.4. The van der Waals surface area contributed by atoms with Crippen LogP contribution in [0.3, 0.4) is 0 Å². The van der Waals surface area contributed by atoms with Crippen LogP contribution in [0.4, 0.5) is 0 Å². The third kappa shape index (κ3) is 2.84. The predicted molar refractivity (Wildman–Crippen MR) is 77.9 cm³/mol. The van der Waals surface area contributed by atoms with Gasteiger partial charge in [0.1, 0.15) is 0 Å². The van der Waals surface area contributed by atoms with Gasteiger partial charge in [-0.05, 0) is 75.6 Å². The van der Waals surface area contributed by atoms with E-state index >= 15 is 0 Å². The molecular formula is C15H23NO2S. The van der Waals surface area contributed by atoms with Gasteiger partial charge in [-0.15, -0.1) is 0 Å². The molecule has 3 nitrogen and oxygen atoms in total. The van der Waals surface area contributed by atoms with Gasteiger partial charge < -0.3 is 0 Å². The second kappa shape index (κ2) is 4.91. The maximum Gasteiger partial charge on any atom is 0.241 e. The highest BCUT2D eigenvalue weighted by Gasteiger charge is 2.32. The second-order valence-corrected chi connectivity index (χ2v) is 7.49. The monoisotopic (exact) mass is 281 g/mol. The Morgan fingerprint density at radius 1 is 1.11 bits per heavy atom. The summed E-state index contributed by atoms with van der Waals surface area (Å²) in [5, 5.41) is 0. The highest BCUT2D eigenvalue weighted by molar-refractivity contribution is 7.89. The molecule has 0 amide bonds. The van der Waals surface area contributed by atoms with Gasteiger partial charge in [0.25, 0.3) is 0 Å². The summed E-state index contributed by atoms with van der Waals surface area (Å²) in [4.78, 5) is 0.470. The Labute approximate surface area is 116 Å². The van der Waals surface area contributed by atoms with Gasteiger partial charge in [0, 0.05) is 6.04 Å².